The molecule has 2 rings (SSSR count). The number of ether oxygens (including phenoxy) is 1. The van der Waals surface area contributed by atoms with E-state index in [1.807, 2.05) is 0 Å². The Hall–Kier alpha value is -1.46. The summed E-state index contributed by atoms with van der Waals surface area (Å²) < 4.78 is 18.3. The lowest BCUT2D eigenvalue weighted by Gasteiger charge is -2.43. The molecule has 1 aromatic carbocycles. The third-order valence-corrected chi connectivity index (χ3v) is 3.12. The van der Waals surface area contributed by atoms with Crippen LogP contribution in [0.4, 0.5) is 4.39 Å². The van der Waals surface area contributed by atoms with Gasteiger partial charge in [-0.25, -0.2) is 4.39 Å². The monoisotopic (exact) mass is 239 g/mol. The predicted octanol–water partition coefficient (Wildman–Crippen LogP) is 0.896. The molecule has 1 aliphatic heterocycles. The van der Waals surface area contributed by atoms with Gasteiger partial charge in [-0.15, -0.1) is 0 Å². The SMILES string of the molecule is NC(CC1(c2cccc(F)c2)COC1)C(=O)O. The van der Waals surface area contributed by atoms with Crippen LogP contribution in [0.3, 0.4) is 0 Å². The van der Waals surface area contributed by atoms with Gasteiger partial charge in [-0.3, -0.25) is 4.79 Å². The first-order chi connectivity index (χ1) is 8.03. The zero-order valence-electron chi connectivity index (χ0n) is 9.23. The fourth-order valence-electron chi connectivity index (χ4n) is 2.08. The Balaban J connectivity index is 2.22. The topological polar surface area (TPSA) is 72.5 Å². The van der Waals surface area contributed by atoms with Crippen LogP contribution in [0.25, 0.3) is 0 Å². The van der Waals surface area contributed by atoms with Crippen LogP contribution < -0.4 is 5.73 Å². The lowest BCUT2D eigenvalue weighted by atomic mass is 9.74. The lowest BCUT2D eigenvalue weighted by Crippen LogP contribution is -2.51. The van der Waals surface area contributed by atoms with Gasteiger partial charge in [0.2, 0.25) is 0 Å². The molecule has 1 aromatic rings. The van der Waals surface area contributed by atoms with Gasteiger partial charge in [0.1, 0.15) is 11.9 Å². The summed E-state index contributed by atoms with van der Waals surface area (Å²) in [6, 6.07) is 5.20. The van der Waals surface area contributed by atoms with E-state index in [2.05, 4.69) is 0 Å². The summed E-state index contributed by atoms with van der Waals surface area (Å²) in [5, 5.41) is 8.83. The van der Waals surface area contributed by atoms with E-state index >= 15 is 0 Å². The predicted molar refractivity (Wildman–Crippen MR) is 59.1 cm³/mol. The zero-order valence-corrected chi connectivity index (χ0v) is 9.23. The van der Waals surface area contributed by atoms with Crippen molar-refractivity contribution >= 4 is 5.97 Å². The van der Waals surface area contributed by atoms with Crippen molar-refractivity contribution in [2.24, 2.45) is 5.73 Å². The fourth-order valence-corrected chi connectivity index (χ4v) is 2.08. The largest absolute Gasteiger partial charge is 0.480 e. The van der Waals surface area contributed by atoms with E-state index < -0.39 is 17.4 Å². The van der Waals surface area contributed by atoms with Gasteiger partial charge in [0.25, 0.3) is 0 Å². The second kappa shape index (κ2) is 4.43. The number of carboxylic acids is 1. The highest BCUT2D eigenvalue weighted by atomic mass is 19.1. The first kappa shape index (κ1) is 12.0. The molecule has 0 amide bonds. The number of carboxylic acid groups (broad SMARTS) is 1. The van der Waals surface area contributed by atoms with Crippen LogP contribution in [0.2, 0.25) is 0 Å². The number of aliphatic carboxylic acids is 1. The maximum Gasteiger partial charge on any atom is 0.320 e. The molecule has 17 heavy (non-hydrogen) atoms. The Morgan fingerprint density at radius 3 is 2.76 bits per heavy atom. The van der Waals surface area contributed by atoms with Gasteiger partial charge in [-0.1, -0.05) is 12.1 Å². The van der Waals surface area contributed by atoms with E-state index in [-0.39, 0.29) is 12.2 Å². The molecule has 1 atom stereocenters. The van der Waals surface area contributed by atoms with Crippen molar-refractivity contribution in [3.63, 3.8) is 0 Å². The van der Waals surface area contributed by atoms with E-state index in [0.717, 1.165) is 5.56 Å². The molecular formula is C12H14FNO3. The fraction of sp³-hybridized carbons (Fsp3) is 0.417. The zero-order chi connectivity index (χ0) is 12.5. The summed E-state index contributed by atoms with van der Waals surface area (Å²) in [5.74, 6) is -1.38. The van der Waals surface area contributed by atoms with E-state index in [9.17, 15) is 9.18 Å². The Kier molecular flexibility index (Phi) is 3.13. The van der Waals surface area contributed by atoms with Crippen LogP contribution in [0, 0.1) is 5.82 Å². The highest BCUT2D eigenvalue weighted by Crippen LogP contribution is 2.36. The van der Waals surface area contributed by atoms with Crippen LogP contribution in [-0.4, -0.2) is 30.3 Å². The van der Waals surface area contributed by atoms with Crippen LogP contribution in [0.15, 0.2) is 24.3 Å². The number of hydrogen-bond donors (Lipinski definition) is 2. The smallest absolute Gasteiger partial charge is 0.320 e. The van der Waals surface area contributed by atoms with Gasteiger partial charge in [-0.05, 0) is 24.1 Å². The second-order valence-electron chi connectivity index (χ2n) is 4.43. The molecule has 1 saturated heterocycles. The Morgan fingerprint density at radius 1 is 1.59 bits per heavy atom. The van der Waals surface area contributed by atoms with Crippen LogP contribution >= 0.6 is 0 Å². The maximum absolute atomic E-state index is 13.2. The highest BCUT2D eigenvalue weighted by molar-refractivity contribution is 5.73. The van der Waals surface area contributed by atoms with Crippen molar-refractivity contribution in [2.75, 3.05) is 13.2 Å². The third-order valence-electron chi connectivity index (χ3n) is 3.12. The van der Waals surface area contributed by atoms with E-state index in [1.54, 1.807) is 12.1 Å². The van der Waals surface area contributed by atoms with Crippen molar-refractivity contribution in [1.82, 2.24) is 0 Å². The highest BCUT2D eigenvalue weighted by Gasteiger charge is 2.42. The number of rotatable bonds is 4. The van der Waals surface area contributed by atoms with Crippen LogP contribution in [-0.2, 0) is 14.9 Å². The lowest BCUT2D eigenvalue weighted by molar-refractivity contribution is -0.141. The minimum absolute atomic E-state index is 0.256. The second-order valence-corrected chi connectivity index (χ2v) is 4.43. The van der Waals surface area contributed by atoms with E-state index in [0.29, 0.717) is 13.2 Å². The molecular weight excluding hydrogens is 225 g/mol. The standard InChI is InChI=1S/C12H14FNO3/c13-9-3-1-2-8(4-9)12(6-17-7-12)5-10(14)11(15)16/h1-4,10H,5-7,14H2,(H,15,16). The number of benzene rings is 1. The van der Waals surface area contributed by atoms with Crippen molar-refractivity contribution in [2.45, 2.75) is 17.9 Å². The van der Waals surface area contributed by atoms with Gasteiger partial charge in [0, 0.05) is 5.41 Å². The Labute approximate surface area is 98.2 Å². The van der Waals surface area contributed by atoms with Gasteiger partial charge in [-0.2, -0.15) is 0 Å². The number of nitrogens with two attached hydrogens (primary N) is 1. The van der Waals surface area contributed by atoms with Gasteiger partial charge >= 0.3 is 5.97 Å². The summed E-state index contributed by atoms with van der Waals surface area (Å²) in [5.41, 5.74) is 5.83. The van der Waals surface area contributed by atoms with Gasteiger partial charge < -0.3 is 15.6 Å². The molecule has 5 heteroatoms. The first-order valence-electron chi connectivity index (χ1n) is 5.36. The van der Waals surface area contributed by atoms with Gasteiger partial charge in [0.15, 0.2) is 0 Å². The molecule has 0 saturated carbocycles. The summed E-state index contributed by atoms with van der Waals surface area (Å²) >= 11 is 0. The molecule has 0 aromatic heterocycles. The number of hydrogen-bond acceptors (Lipinski definition) is 3. The third kappa shape index (κ3) is 2.30. The molecule has 0 radical (unpaired) electrons. The molecule has 0 bridgehead atoms. The van der Waals surface area contributed by atoms with Gasteiger partial charge in [0.05, 0.1) is 13.2 Å². The normalized spacial score (nSPS) is 19.4. The summed E-state index contributed by atoms with van der Waals surface area (Å²) in [7, 11) is 0. The summed E-state index contributed by atoms with van der Waals surface area (Å²) in [6.07, 6.45) is 0.256. The van der Waals surface area contributed by atoms with Crippen LogP contribution in [0.5, 0.6) is 0 Å². The Bertz CT molecular complexity index is 432. The minimum Gasteiger partial charge on any atom is -0.480 e. The van der Waals surface area contributed by atoms with Crippen molar-refractivity contribution in [3.05, 3.63) is 35.6 Å². The maximum atomic E-state index is 13.2. The van der Waals surface area contributed by atoms with Crippen molar-refractivity contribution in [3.8, 4) is 0 Å². The molecule has 0 aliphatic carbocycles. The summed E-state index contributed by atoms with van der Waals surface area (Å²) in [4.78, 5) is 10.8. The Morgan fingerprint density at radius 2 is 2.29 bits per heavy atom. The van der Waals surface area contributed by atoms with E-state index in [1.165, 1.54) is 12.1 Å². The first-order valence-corrected chi connectivity index (χ1v) is 5.36. The van der Waals surface area contributed by atoms with Crippen molar-refractivity contribution < 1.29 is 19.0 Å². The number of carbonyl (C=O) groups is 1. The molecule has 1 unspecified atom stereocenters. The quantitative estimate of drug-likeness (QED) is 0.818. The number of halogens is 1. The molecule has 1 heterocycles. The average molecular weight is 239 g/mol. The average Bonchev–Trinajstić information content (AvgIpc) is 2.22. The minimum atomic E-state index is -1.05. The molecule has 1 aliphatic rings. The van der Waals surface area contributed by atoms with E-state index in [4.69, 9.17) is 15.6 Å². The van der Waals surface area contributed by atoms with Crippen molar-refractivity contribution in [1.29, 1.82) is 0 Å². The summed E-state index contributed by atoms with van der Waals surface area (Å²) in [6.45, 7) is 0.773. The molecule has 4 nitrogen and oxygen atoms in total. The van der Waals surface area contributed by atoms with Crippen LogP contribution in [0.1, 0.15) is 12.0 Å². The molecule has 92 valence electrons. The molecule has 0 spiro atoms. The molecule has 1 fully saturated rings. The molecule has 3 N–H and O–H groups in total.